The molecule has 0 atom stereocenters. The van der Waals surface area contributed by atoms with E-state index in [1.165, 1.54) is 7.11 Å². The summed E-state index contributed by atoms with van der Waals surface area (Å²) in [6.07, 6.45) is 0.211. The van der Waals surface area contributed by atoms with Gasteiger partial charge in [0.1, 0.15) is 11.5 Å². The number of rotatable bonds is 5. The molecular formula is C13H19NO4. The van der Waals surface area contributed by atoms with Crippen molar-refractivity contribution in [1.29, 1.82) is 0 Å². The van der Waals surface area contributed by atoms with Crippen molar-refractivity contribution in [3.05, 3.63) is 23.3 Å². The molecule has 100 valence electrons. The third kappa shape index (κ3) is 3.55. The van der Waals surface area contributed by atoms with Crippen LogP contribution >= 0.6 is 0 Å². The summed E-state index contributed by atoms with van der Waals surface area (Å²) in [6.45, 7) is 2.44. The van der Waals surface area contributed by atoms with Crippen LogP contribution in [0.2, 0.25) is 0 Å². The number of ether oxygens (including phenoxy) is 3. The van der Waals surface area contributed by atoms with Crippen molar-refractivity contribution in [3.63, 3.8) is 0 Å². The molecule has 0 saturated heterocycles. The van der Waals surface area contributed by atoms with Crippen LogP contribution < -0.4 is 14.8 Å². The second kappa shape index (κ2) is 6.74. The number of carbonyl (C=O) groups is 1. The molecule has 0 bridgehead atoms. The molecule has 1 aromatic rings. The number of hydrogen-bond acceptors (Lipinski definition) is 4. The van der Waals surface area contributed by atoms with Crippen LogP contribution in [0.5, 0.6) is 11.5 Å². The smallest absolute Gasteiger partial charge is 0.406 e. The summed E-state index contributed by atoms with van der Waals surface area (Å²) in [6, 6.07) is 3.85. The minimum Gasteiger partial charge on any atom is -0.496 e. The molecule has 0 unspecified atom stereocenters. The summed E-state index contributed by atoms with van der Waals surface area (Å²) in [5, 5.41) is 2.63. The number of carbonyl (C=O) groups excluding carboxylic acids is 1. The average Bonchev–Trinajstić information content (AvgIpc) is 2.39. The van der Waals surface area contributed by atoms with Gasteiger partial charge in [0.25, 0.3) is 0 Å². The Morgan fingerprint density at radius 3 is 2.39 bits per heavy atom. The number of nitrogens with one attached hydrogen (secondary N) is 1. The van der Waals surface area contributed by atoms with Gasteiger partial charge in [-0.3, -0.25) is 0 Å². The number of benzene rings is 1. The number of methoxy groups -OCH3 is 3. The largest absolute Gasteiger partial charge is 0.496 e. The summed E-state index contributed by atoms with van der Waals surface area (Å²) in [7, 11) is 4.59. The second-order valence-corrected chi connectivity index (χ2v) is 3.80. The molecule has 0 radical (unpaired) electrons. The Hall–Kier alpha value is -1.91. The van der Waals surface area contributed by atoms with Gasteiger partial charge in [0.05, 0.1) is 21.3 Å². The highest BCUT2D eigenvalue weighted by atomic mass is 16.5. The van der Waals surface area contributed by atoms with Crippen LogP contribution in [0.4, 0.5) is 4.79 Å². The monoisotopic (exact) mass is 253 g/mol. The molecule has 0 aliphatic carbocycles. The standard InChI is InChI=1S/C13H19NO4/c1-9-7-12(17-3)10(8-11(9)16-2)5-6-14-13(15)18-4/h7-8H,5-6H2,1-4H3,(H,14,15). The normalized spacial score (nSPS) is 9.78. The van der Waals surface area contributed by atoms with Gasteiger partial charge >= 0.3 is 6.09 Å². The number of alkyl carbamates (subject to hydrolysis) is 1. The van der Waals surface area contributed by atoms with Gasteiger partial charge in [-0.05, 0) is 36.6 Å². The lowest BCUT2D eigenvalue weighted by molar-refractivity contribution is 0.171. The molecule has 1 N–H and O–H groups in total. The topological polar surface area (TPSA) is 56.8 Å². The van der Waals surface area contributed by atoms with E-state index in [0.29, 0.717) is 13.0 Å². The molecule has 18 heavy (non-hydrogen) atoms. The third-order valence-corrected chi connectivity index (χ3v) is 2.65. The Morgan fingerprint density at radius 2 is 1.83 bits per heavy atom. The van der Waals surface area contributed by atoms with Gasteiger partial charge in [0, 0.05) is 6.54 Å². The molecule has 1 aromatic carbocycles. The van der Waals surface area contributed by atoms with Gasteiger partial charge in [-0.15, -0.1) is 0 Å². The van der Waals surface area contributed by atoms with E-state index in [9.17, 15) is 4.79 Å². The number of hydrogen-bond donors (Lipinski definition) is 1. The van der Waals surface area contributed by atoms with Crippen LogP contribution in [0.3, 0.4) is 0 Å². The highest BCUT2D eigenvalue weighted by Crippen LogP contribution is 2.28. The van der Waals surface area contributed by atoms with E-state index in [1.807, 2.05) is 19.1 Å². The van der Waals surface area contributed by atoms with E-state index in [4.69, 9.17) is 9.47 Å². The van der Waals surface area contributed by atoms with Crippen LogP contribution in [0.25, 0.3) is 0 Å². The van der Waals surface area contributed by atoms with Crippen molar-refractivity contribution in [1.82, 2.24) is 5.32 Å². The van der Waals surface area contributed by atoms with E-state index in [2.05, 4.69) is 10.1 Å². The van der Waals surface area contributed by atoms with E-state index in [-0.39, 0.29) is 0 Å². The first-order chi connectivity index (χ1) is 8.62. The first-order valence-corrected chi connectivity index (χ1v) is 5.65. The molecule has 0 heterocycles. The molecule has 0 saturated carbocycles. The van der Waals surface area contributed by atoms with Crippen LogP contribution in [0, 0.1) is 6.92 Å². The van der Waals surface area contributed by atoms with Crippen molar-refractivity contribution < 1.29 is 19.0 Å². The fourth-order valence-electron chi connectivity index (χ4n) is 1.68. The van der Waals surface area contributed by atoms with Crippen molar-refractivity contribution >= 4 is 6.09 Å². The highest BCUT2D eigenvalue weighted by Gasteiger charge is 2.09. The summed E-state index contributed by atoms with van der Waals surface area (Å²) < 4.78 is 15.1. The fourth-order valence-corrected chi connectivity index (χ4v) is 1.68. The molecule has 0 spiro atoms. The SMILES string of the molecule is COC(=O)NCCc1cc(OC)c(C)cc1OC. The maximum atomic E-state index is 10.9. The molecule has 0 fully saturated rings. The van der Waals surface area contributed by atoms with Crippen molar-refractivity contribution in [2.75, 3.05) is 27.9 Å². The number of aryl methyl sites for hydroxylation is 1. The third-order valence-electron chi connectivity index (χ3n) is 2.65. The van der Waals surface area contributed by atoms with Gasteiger partial charge in [0.2, 0.25) is 0 Å². The Kier molecular flexibility index (Phi) is 5.30. The summed E-state index contributed by atoms with van der Waals surface area (Å²) in [4.78, 5) is 10.9. The van der Waals surface area contributed by atoms with Crippen LogP contribution in [0.1, 0.15) is 11.1 Å². The van der Waals surface area contributed by atoms with Gasteiger partial charge in [0.15, 0.2) is 0 Å². The van der Waals surface area contributed by atoms with Gasteiger partial charge in [-0.25, -0.2) is 4.79 Å². The van der Waals surface area contributed by atoms with Gasteiger partial charge < -0.3 is 19.5 Å². The van der Waals surface area contributed by atoms with Crippen molar-refractivity contribution in [3.8, 4) is 11.5 Å². The molecule has 5 heteroatoms. The second-order valence-electron chi connectivity index (χ2n) is 3.80. The van der Waals surface area contributed by atoms with Crippen LogP contribution in [-0.2, 0) is 11.2 Å². The van der Waals surface area contributed by atoms with Gasteiger partial charge in [-0.1, -0.05) is 0 Å². The predicted octanol–water partition coefficient (Wildman–Crippen LogP) is 1.91. The lowest BCUT2D eigenvalue weighted by atomic mass is 10.1. The predicted molar refractivity (Wildman–Crippen MR) is 68.4 cm³/mol. The van der Waals surface area contributed by atoms with E-state index < -0.39 is 6.09 Å². The van der Waals surface area contributed by atoms with Gasteiger partial charge in [-0.2, -0.15) is 0 Å². The van der Waals surface area contributed by atoms with Crippen LogP contribution in [-0.4, -0.2) is 34.0 Å². The Bertz CT molecular complexity index is 418. The molecule has 1 rings (SSSR count). The zero-order valence-corrected chi connectivity index (χ0v) is 11.2. The number of amides is 1. The molecule has 5 nitrogen and oxygen atoms in total. The Balaban J connectivity index is 2.76. The summed E-state index contributed by atoms with van der Waals surface area (Å²) >= 11 is 0. The first-order valence-electron chi connectivity index (χ1n) is 5.65. The summed E-state index contributed by atoms with van der Waals surface area (Å²) in [5.41, 5.74) is 2.00. The quantitative estimate of drug-likeness (QED) is 0.871. The fraction of sp³-hybridized carbons (Fsp3) is 0.462. The lowest BCUT2D eigenvalue weighted by Gasteiger charge is -2.13. The summed E-state index contributed by atoms with van der Waals surface area (Å²) in [5.74, 6) is 1.60. The van der Waals surface area contributed by atoms with E-state index >= 15 is 0 Å². The maximum absolute atomic E-state index is 10.9. The first kappa shape index (κ1) is 14.2. The zero-order chi connectivity index (χ0) is 13.5. The average molecular weight is 253 g/mol. The molecular weight excluding hydrogens is 234 g/mol. The van der Waals surface area contributed by atoms with Crippen LogP contribution in [0.15, 0.2) is 12.1 Å². The minimum absolute atomic E-state index is 0.437. The minimum atomic E-state index is -0.437. The van der Waals surface area contributed by atoms with E-state index in [1.54, 1.807) is 14.2 Å². The van der Waals surface area contributed by atoms with E-state index in [0.717, 1.165) is 22.6 Å². The molecule has 0 aliphatic heterocycles. The highest BCUT2D eigenvalue weighted by molar-refractivity contribution is 5.66. The Labute approximate surface area is 107 Å². The zero-order valence-electron chi connectivity index (χ0n) is 11.2. The molecule has 0 aromatic heterocycles. The molecule has 1 amide bonds. The molecule has 0 aliphatic rings. The lowest BCUT2D eigenvalue weighted by Crippen LogP contribution is -2.25. The maximum Gasteiger partial charge on any atom is 0.406 e. The van der Waals surface area contributed by atoms with Crippen molar-refractivity contribution in [2.24, 2.45) is 0 Å². The van der Waals surface area contributed by atoms with Crippen molar-refractivity contribution in [2.45, 2.75) is 13.3 Å². The Morgan fingerprint density at radius 1 is 1.17 bits per heavy atom.